The SMILES string of the molecule is [2H]c1c([2H])c([2H])c(-n2c3c([2H])c([2H])c([2H])c([2H])c3c3c([2H])c([2H])c(-c4ccc(-c5ccc(-c6nc(-c7ccccc7)nc(-c7ccc8c(c7)oc7ccccc78)n6)cc5)cc4)c([2H])c32)c([2H])c1[2H]. The lowest BCUT2D eigenvalue weighted by atomic mass is 9.98. The van der Waals surface area contributed by atoms with Crippen LogP contribution in [0.2, 0.25) is 0 Å². The van der Waals surface area contributed by atoms with Crippen molar-refractivity contribution in [3.63, 3.8) is 0 Å². The Labute approximate surface area is 339 Å². The lowest BCUT2D eigenvalue weighted by Gasteiger charge is -2.10. The van der Waals surface area contributed by atoms with Crippen LogP contribution in [0.4, 0.5) is 0 Å². The van der Waals surface area contributed by atoms with Crippen LogP contribution in [0, 0.1) is 0 Å². The Morgan fingerprint density at radius 1 is 0.393 bits per heavy atom. The van der Waals surface area contributed by atoms with Crippen LogP contribution >= 0.6 is 0 Å². The Bertz CT molecular complexity index is 3900. The normalized spacial score (nSPS) is 14.6. The van der Waals surface area contributed by atoms with Gasteiger partial charge in [0, 0.05) is 43.9 Å². The molecule has 0 N–H and O–H groups in total. The maximum atomic E-state index is 9.58. The zero-order valence-electron chi connectivity index (χ0n) is 41.2. The van der Waals surface area contributed by atoms with Crippen LogP contribution in [0.5, 0.6) is 0 Å². The number of nitrogens with zero attached hydrogens (tertiary/aromatic N) is 4. The Morgan fingerprint density at radius 3 is 1.70 bits per heavy atom. The Kier molecular flexibility index (Phi) is 5.10. The third-order valence-corrected chi connectivity index (χ3v) is 9.82. The summed E-state index contributed by atoms with van der Waals surface area (Å²) in [5, 5.41) is 1.63. The van der Waals surface area contributed by atoms with Crippen molar-refractivity contribution in [3.05, 3.63) is 194 Å². The molecule has 3 heterocycles. The summed E-state index contributed by atoms with van der Waals surface area (Å²) in [6.07, 6.45) is 0. The van der Waals surface area contributed by atoms with Crippen molar-refractivity contribution in [2.45, 2.75) is 0 Å². The molecule has 0 saturated heterocycles. The summed E-state index contributed by atoms with van der Waals surface area (Å²) in [5.74, 6) is 1.44. The molecule has 0 unspecified atom stereocenters. The van der Waals surface area contributed by atoms with Crippen LogP contribution in [-0.4, -0.2) is 19.5 Å². The average molecular weight is 729 g/mol. The van der Waals surface area contributed by atoms with Gasteiger partial charge in [-0.25, -0.2) is 15.0 Å². The van der Waals surface area contributed by atoms with Crippen molar-refractivity contribution in [2.75, 3.05) is 0 Å². The molecule has 262 valence electrons. The summed E-state index contributed by atoms with van der Waals surface area (Å²) >= 11 is 0. The Morgan fingerprint density at radius 2 is 0.946 bits per heavy atom. The number of aromatic nitrogens is 4. The fraction of sp³-hybridized carbons (Fsp3) is 0. The van der Waals surface area contributed by atoms with Gasteiger partial charge in [-0.05, 0) is 64.6 Å². The van der Waals surface area contributed by atoms with Gasteiger partial charge >= 0.3 is 0 Å². The number of hydrogen-bond donors (Lipinski definition) is 0. The number of furan rings is 1. The fourth-order valence-electron chi connectivity index (χ4n) is 7.09. The predicted octanol–water partition coefficient (Wildman–Crippen LogP) is 13.2. The molecule has 0 radical (unpaired) electrons. The zero-order chi connectivity index (χ0) is 47.4. The minimum absolute atomic E-state index is 0.0181. The highest BCUT2D eigenvalue weighted by Gasteiger charge is 2.16. The molecule has 0 amide bonds. The minimum Gasteiger partial charge on any atom is -0.456 e. The molecule has 0 fully saturated rings. The van der Waals surface area contributed by atoms with Gasteiger partial charge in [0.25, 0.3) is 0 Å². The van der Waals surface area contributed by atoms with E-state index in [0.717, 1.165) is 54.3 Å². The second kappa shape index (κ2) is 13.0. The molecule has 0 bridgehead atoms. The second-order valence-electron chi connectivity index (χ2n) is 13.1. The Balaban J connectivity index is 1.00. The van der Waals surface area contributed by atoms with Crippen LogP contribution in [0.15, 0.2) is 198 Å². The highest BCUT2D eigenvalue weighted by atomic mass is 16.3. The lowest BCUT2D eigenvalue weighted by molar-refractivity contribution is 0.669. The molecule has 5 nitrogen and oxygen atoms in total. The number of fused-ring (bicyclic) bond motifs is 6. The molecule has 5 heteroatoms. The van der Waals surface area contributed by atoms with Gasteiger partial charge < -0.3 is 8.98 Å². The summed E-state index contributed by atoms with van der Waals surface area (Å²) in [5.41, 5.74) is 4.84. The topological polar surface area (TPSA) is 56.7 Å². The largest absolute Gasteiger partial charge is 0.456 e. The lowest BCUT2D eigenvalue weighted by Crippen LogP contribution is -2.00. The molecule has 0 saturated carbocycles. The average Bonchev–Trinajstić information content (AvgIpc) is 3.92. The molecular formula is C51H32N4O. The third-order valence-electron chi connectivity index (χ3n) is 9.82. The van der Waals surface area contributed by atoms with Gasteiger partial charge in [0.15, 0.2) is 17.5 Å². The smallest absolute Gasteiger partial charge is 0.164 e. The fourth-order valence-corrected chi connectivity index (χ4v) is 7.09. The van der Waals surface area contributed by atoms with E-state index < -0.39 is 72.2 Å². The summed E-state index contributed by atoms with van der Waals surface area (Å²) in [6, 6.07) is 31.1. The summed E-state index contributed by atoms with van der Waals surface area (Å²) in [4.78, 5) is 14.7. The van der Waals surface area contributed by atoms with E-state index in [-0.39, 0.29) is 33.4 Å². The third kappa shape index (κ3) is 5.45. The van der Waals surface area contributed by atoms with Crippen molar-refractivity contribution >= 4 is 43.7 Å². The van der Waals surface area contributed by atoms with E-state index in [4.69, 9.17) is 31.7 Å². The number of para-hydroxylation sites is 3. The molecule has 0 aliphatic heterocycles. The van der Waals surface area contributed by atoms with Gasteiger partial charge in [0.05, 0.1) is 27.5 Å². The van der Waals surface area contributed by atoms with E-state index in [0.29, 0.717) is 23.0 Å². The van der Waals surface area contributed by atoms with E-state index in [1.165, 1.54) is 0 Å². The van der Waals surface area contributed by atoms with Gasteiger partial charge in [-0.15, -0.1) is 0 Å². The van der Waals surface area contributed by atoms with Gasteiger partial charge in [0.1, 0.15) is 11.2 Å². The summed E-state index contributed by atoms with van der Waals surface area (Å²) in [6.45, 7) is 0. The molecule has 0 atom stereocenters. The highest BCUT2D eigenvalue weighted by Crippen LogP contribution is 2.36. The highest BCUT2D eigenvalue weighted by molar-refractivity contribution is 6.10. The second-order valence-corrected chi connectivity index (χ2v) is 13.1. The van der Waals surface area contributed by atoms with Crippen LogP contribution < -0.4 is 0 Å². The van der Waals surface area contributed by atoms with E-state index in [9.17, 15) is 4.11 Å². The first-order valence-corrected chi connectivity index (χ1v) is 17.8. The van der Waals surface area contributed by atoms with E-state index >= 15 is 0 Å². The van der Waals surface area contributed by atoms with Gasteiger partial charge in [-0.1, -0.05) is 151 Å². The van der Waals surface area contributed by atoms with Crippen molar-refractivity contribution < 1.29 is 20.9 Å². The van der Waals surface area contributed by atoms with E-state index in [1.807, 2.05) is 97.1 Å². The van der Waals surface area contributed by atoms with Crippen molar-refractivity contribution in [2.24, 2.45) is 0 Å². The standard InChI is InChI=1S/C51H32N4O/c1-3-11-36(12-4-1)49-52-50(54-51(53-49)39-28-30-44-43-16-8-10-18-47(43)56-48(44)32-39)37-25-23-34(24-26-37)33-19-21-35(22-20-33)38-27-29-42-41-15-7-9-17-45(41)55(46(42)31-38)40-13-5-2-6-14-40/h1-32H/i2D,5D,6D,7D,9D,13D,14D,15D,17D,27D,29D,31D. The number of rotatable bonds is 6. The van der Waals surface area contributed by atoms with Crippen LogP contribution in [0.1, 0.15) is 16.4 Å². The summed E-state index contributed by atoms with van der Waals surface area (Å²) in [7, 11) is 0. The molecule has 11 aromatic rings. The molecule has 0 spiro atoms. The van der Waals surface area contributed by atoms with Crippen molar-refractivity contribution in [1.29, 1.82) is 0 Å². The van der Waals surface area contributed by atoms with E-state index in [2.05, 4.69) is 0 Å². The maximum absolute atomic E-state index is 9.58. The minimum atomic E-state index is -0.692. The number of hydrogen-bond acceptors (Lipinski definition) is 4. The molecule has 11 rings (SSSR count). The maximum Gasteiger partial charge on any atom is 0.164 e. The van der Waals surface area contributed by atoms with Crippen LogP contribution in [-0.2, 0) is 0 Å². The van der Waals surface area contributed by atoms with Gasteiger partial charge in [0.2, 0.25) is 0 Å². The van der Waals surface area contributed by atoms with Crippen molar-refractivity contribution in [3.8, 4) is 62.1 Å². The zero-order valence-corrected chi connectivity index (χ0v) is 29.2. The first-order chi connectivity index (χ1) is 32.7. The predicted molar refractivity (Wildman–Crippen MR) is 229 cm³/mol. The summed E-state index contributed by atoms with van der Waals surface area (Å²) < 4.78 is 113. The molecule has 0 aliphatic carbocycles. The Hall–Kier alpha value is -7.63. The number of benzene rings is 8. The monoisotopic (exact) mass is 728 g/mol. The molecule has 3 aromatic heterocycles. The molecule has 0 aliphatic rings. The first kappa shape index (κ1) is 21.9. The van der Waals surface area contributed by atoms with Crippen molar-refractivity contribution in [1.82, 2.24) is 19.5 Å². The van der Waals surface area contributed by atoms with Crippen LogP contribution in [0.25, 0.3) is 106 Å². The van der Waals surface area contributed by atoms with Crippen LogP contribution in [0.3, 0.4) is 0 Å². The van der Waals surface area contributed by atoms with Gasteiger partial charge in [-0.2, -0.15) is 0 Å². The molecular weight excluding hydrogens is 685 g/mol. The van der Waals surface area contributed by atoms with E-state index in [1.54, 1.807) is 24.3 Å². The molecule has 56 heavy (non-hydrogen) atoms. The first-order valence-electron chi connectivity index (χ1n) is 23.8. The quantitative estimate of drug-likeness (QED) is 0.171. The van der Waals surface area contributed by atoms with Gasteiger partial charge in [-0.3, -0.25) is 0 Å². The molecule has 8 aromatic carbocycles.